The molecule has 35 heavy (non-hydrogen) atoms. The van der Waals surface area contributed by atoms with E-state index in [9.17, 15) is 32.3 Å². The normalized spacial score (nSPS) is 21.0. The molecule has 186 valence electrons. The maximum Gasteiger partial charge on any atom is 0.416 e. The topological polar surface area (TPSA) is 123 Å². The van der Waals surface area contributed by atoms with Crippen LogP contribution in [0, 0.1) is 11.8 Å². The van der Waals surface area contributed by atoms with Crippen molar-refractivity contribution in [2.24, 2.45) is 11.8 Å². The van der Waals surface area contributed by atoms with E-state index in [1.54, 1.807) is 0 Å². The number of esters is 1. The molecule has 2 fully saturated rings. The fraction of sp³-hybridized carbons (Fsp3) is 0.455. The second kappa shape index (κ2) is 9.47. The van der Waals surface area contributed by atoms with E-state index in [1.807, 2.05) is 0 Å². The van der Waals surface area contributed by atoms with E-state index < -0.39 is 59.9 Å². The first kappa shape index (κ1) is 24.4. The van der Waals surface area contributed by atoms with Crippen molar-refractivity contribution < 1.29 is 37.1 Å². The molecule has 1 aromatic carbocycles. The molecule has 1 saturated carbocycles. The summed E-state index contributed by atoms with van der Waals surface area (Å²) in [7, 11) is 0. The van der Waals surface area contributed by atoms with Crippen LogP contribution < -0.4 is 5.32 Å². The SMILES string of the molecule is CC(C(=O)OCC(=O)Nc1cc(C(F)(F)F)ccc1-n1cncn1)N1C(=O)C2CCCCC2C1=O. The Balaban J connectivity index is 1.42. The van der Waals surface area contributed by atoms with Gasteiger partial charge in [0.15, 0.2) is 6.61 Å². The maximum atomic E-state index is 13.2. The summed E-state index contributed by atoms with van der Waals surface area (Å²) in [6, 6.07) is 1.44. The molecular weight excluding hydrogens is 471 g/mol. The Labute approximate surface area is 197 Å². The highest BCUT2D eigenvalue weighted by Gasteiger charge is 2.51. The molecule has 0 radical (unpaired) electrons. The Kier molecular flexibility index (Phi) is 6.59. The van der Waals surface area contributed by atoms with E-state index in [1.165, 1.54) is 19.6 Å². The van der Waals surface area contributed by atoms with E-state index in [4.69, 9.17) is 4.74 Å². The van der Waals surface area contributed by atoms with Crippen molar-refractivity contribution in [3.8, 4) is 5.69 Å². The number of halogens is 3. The zero-order valence-corrected chi connectivity index (χ0v) is 18.6. The number of ether oxygens (including phenoxy) is 1. The molecule has 2 aliphatic rings. The lowest BCUT2D eigenvalue weighted by atomic mass is 9.81. The lowest BCUT2D eigenvalue weighted by Gasteiger charge is -2.21. The summed E-state index contributed by atoms with van der Waals surface area (Å²) >= 11 is 0. The lowest BCUT2D eigenvalue weighted by Crippen LogP contribution is -2.45. The number of nitrogens with one attached hydrogen (secondary N) is 1. The molecule has 0 spiro atoms. The minimum absolute atomic E-state index is 0.111. The molecule has 1 N–H and O–H groups in total. The number of carbonyl (C=O) groups is 4. The number of anilines is 1. The van der Waals surface area contributed by atoms with Gasteiger partial charge in [-0.2, -0.15) is 18.3 Å². The van der Waals surface area contributed by atoms with Crippen LogP contribution >= 0.6 is 0 Å². The predicted molar refractivity (Wildman–Crippen MR) is 113 cm³/mol. The molecular formula is C22H22F3N5O5. The molecule has 1 aromatic heterocycles. The second-order valence-corrected chi connectivity index (χ2v) is 8.45. The van der Waals surface area contributed by atoms with Crippen LogP contribution in [0.3, 0.4) is 0 Å². The van der Waals surface area contributed by atoms with Crippen LogP contribution in [-0.2, 0) is 30.1 Å². The number of rotatable bonds is 6. The number of hydrogen-bond donors (Lipinski definition) is 1. The minimum atomic E-state index is -4.66. The number of fused-ring (bicyclic) bond motifs is 1. The number of amides is 3. The van der Waals surface area contributed by atoms with Gasteiger partial charge in [-0.25, -0.2) is 14.5 Å². The molecule has 4 rings (SSSR count). The van der Waals surface area contributed by atoms with Gasteiger partial charge < -0.3 is 10.1 Å². The van der Waals surface area contributed by atoms with Gasteiger partial charge in [0.25, 0.3) is 5.91 Å². The highest BCUT2D eigenvalue weighted by Crippen LogP contribution is 2.39. The molecule has 13 heteroatoms. The molecule has 1 aliphatic carbocycles. The molecule has 2 heterocycles. The maximum absolute atomic E-state index is 13.2. The third kappa shape index (κ3) is 4.88. The monoisotopic (exact) mass is 493 g/mol. The first-order valence-electron chi connectivity index (χ1n) is 11.0. The zero-order chi connectivity index (χ0) is 25.3. The number of aromatic nitrogens is 3. The summed E-state index contributed by atoms with van der Waals surface area (Å²) in [5, 5.41) is 6.13. The van der Waals surface area contributed by atoms with Gasteiger partial charge in [-0.3, -0.25) is 19.3 Å². The second-order valence-electron chi connectivity index (χ2n) is 8.45. The summed E-state index contributed by atoms with van der Waals surface area (Å²) in [5.74, 6) is -3.61. The number of alkyl halides is 3. The number of benzene rings is 1. The first-order valence-corrected chi connectivity index (χ1v) is 11.0. The molecule has 1 aliphatic heterocycles. The van der Waals surface area contributed by atoms with Crippen LogP contribution in [0.2, 0.25) is 0 Å². The van der Waals surface area contributed by atoms with E-state index >= 15 is 0 Å². The molecule has 3 amide bonds. The summed E-state index contributed by atoms with van der Waals surface area (Å²) < 4.78 is 45.6. The number of nitrogens with zero attached hydrogens (tertiary/aromatic N) is 4. The van der Waals surface area contributed by atoms with Crippen molar-refractivity contribution in [3.05, 3.63) is 36.4 Å². The summed E-state index contributed by atoms with van der Waals surface area (Å²) in [6.45, 7) is 0.502. The minimum Gasteiger partial charge on any atom is -0.454 e. The molecule has 1 saturated heterocycles. The molecule has 0 bridgehead atoms. The quantitative estimate of drug-likeness (QED) is 0.484. The van der Waals surface area contributed by atoms with Crippen LogP contribution in [0.5, 0.6) is 0 Å². The van der Waals surface area contributed by atoms with Crippen LogP contribution in [0.4, 0.5) is 18.9 Å². The number of hydrogen-bond acceptors (Lipinski definition) is 7. The van der Waals surface area contributed by atoms with Crippen molar-refractivity contribution in [2.45, 2.75) is 44.8 Å². The highest BCUT2D eigenvalue weighted by atomic mass is 19.4. The Hall–Kier alpha value is -3.77. The molecule has 3 unspecified atom stereocenters. The highest BCUT2D eigenvalue weighted by molar-refractivity contribution is 6.08. The third-order valence-corrected chi connectivity index (χ3v) is 6.21. The van der Waals surface area contributed by atoms with Crippen molar-refractivity contribution >= 4 is 29.4 Å². The Morgan fingerprint density at radius 1 is 1.17 bits per heavy atom. The molecule has 3 atom stereocenters. The fourth-order valence-corrected chi connectivity index (χ4v) is 4.46. The predicted octanol–water partition coefficient (Wildman–Crippen LogP) is 2.33. The van der Waals surface area contributed by atoms with Gasteiger partial charge in [-0.15, -0.1) is 0 Å². The van der Waals surface area contributed by atoms with Crippen LogP contribution in [0.1, 0.15) is 38.2 Å². The van der Waals surface area contributed by atoms with Gasteiger partial charge in [0.2, 0.25) is 11.8 Å². The van der Waals surface area contributed by atoms with Gasteiger partial charge in [0.1, 0.15) is 18.7 Å². The lowest BCUT2D eigenvalue weighted by molar-refractivity contribution is -0.159. The van der Waals surface area contributed by atoms with Crippen molar-refractivity contribution in [3.63, 3.8) is 0 Å². The Morgan fingerprint density at radius 2 is 1.83 bits per heavy atom. The third-order valence-electron chi connectivity index (χ3n) is 6.21. The van der Waals surface area contributed by atoms with Gasteiger partial charge in [-0.05, 0) is 38.0 Å². The van der Waals surface area contributed by atoms with Crippen LogP contribution in [-0.4, -0.2) is 56.0 Å². The summed E-state index contributed by atoms with van der Waals surface area (Å²) in [4.78, 5) is 54.9. The molecule has 2 aromatic rings. The van der Waals surface area contributed by atoms with E-state index in [0.717, 1.165) is 40.6 Å². The van der Waals surface area contributed by atoms with Crippen molar-refractivity contribution in [1.29, 1.82) is 0 Å². The van der Waals surface area contributed by atoms with E-state index in [2.05, 4.69) is 15.4 Å². The van der Waals surface area contributed by atoms with Gasteiger partial charge in [-0.1, -0.05) is 12.8 Å². The Bertz CT molecular complexity index is 1130. The average molecular weight is 493 g/mol. The fourth-order valence-electron chi connectivity index (χ4n) is 4.46. The smallest absolute Gasteiger partial charge is 0.416 e. The summed E-state index contributed by atoms with van der Waals surface area (Å²) in [5.41, 5.74) is -1.12. The largest absolute Gasteiger partial charge is 0.454 e. The van der Waals surface area contributed by atoms with Crippen molar-refractivity contribution in [2.75, 3.05) is 11.9 Å². The van der Waals surface area contributed by atoms with Gasteiger partial charge in [0, 0.05) is 0 Å². The number of likely N-dealkylation sites (tertiary alicyclic amines) is 1. The first-order chi connectivity index (χ1) is 16.6. The summed E-state index contributed by atoms with van der Waals surface area (Å²) in [6.07, 6.45) is 0.583. The van der Waals surface area contributed by atoms with E-state index in [-0.39, 0.29) is 11.4 Å². The van der Waals surface area contributed by atoms with Crippen molar-refractivity contribution in [1.82, 2.24) is 19.7 Å². The number of imide groups is 1. The van der Waals surface area contributed by atoms with Gasteiger partial charge in [0.05, 0.1) is 28.8 Å². The standard InChI is InChI=1S/C22H22F3N5O5/c1-12(30-19(32)14-4-2-3-5-15(14)20(30)33)21(34)35-9-18(31)28-16-8-13(22(23,24)25)6-7-17(16)29-11-26-10-27-29/h6-8,10-12,14-15H,2-5,9H2,1H3,(H,28,31). The van der Waals surface area contributed by atoms with E-state index in [0.29, 0.717) is 12.8 Å². The zero-order valence-electron chi connectivity index (χ0n) is 18.6. The van der Waals surface area contributed by atoms with Crippen LogP contribution in [0.25, 0.3) is 5.69 Å². The molecule has 10 nitrogen and oxygen atoms in total. The Morgan fingerprint density at radius 3 is 2.40 bits per heavy atom. The average Bonchev–Trinajstić information content (AvgIpc) is 3.44. The number of carbonyl (C=O) groups excluding carboxylic acids is 4. The van der Waals surface area contributed by atoms with Crippen LogP contribution in [0.15, 0.2) is 30.9 Å². The van der Waals surface area contributed by atoms with Gasteiger partial charge >= 0.3 is 12.1 Å².